The molecular weight excluding hydrogens is 318 g/mol. The molecule has 0 spiro atoms. The number of amides is 2. The van der Waals surface area contributed by atoms with Crippen LogP contribution >= 0.6 is 0 Å². The molecule has 3 aliphatic rings. The maximum Gasteiger partial charge on any atom is 0.255 e. The van der Waals surface area contributed by atoms with Gasteiger partial charge in [-0.2, -0.15) is 0 Å². The van der Waals surface area contributed by atoms with Crippen LogP contribution in [0.3, 0.4) is 0 Å². The molecule has 1 aromatic carbocycles. The monoisotopic (exact) mass is 343 g/mol. The van der Waals surface area contributed by atoms with E-state index in [0.29, 0.717) is 30.9 Å². The molecule has 1 aromatic rings. The van der Waals surface area contributed by atoms with E-state index in [2.05, 4.69) is 16.0 Å². The van der Waals surface area contributed by atoms with Gasteiger partial charge < -0.3 is 20.7 Å². The van der Waals surface area contributed by atoms with Crippen LogP contribution in [0.25, 0.3) is 0 Å². The Morgan fingerprint density at radius 3 is 2.84 bits per heavy atom. The smallest absolute Gasteiger partial charge is 0.255 e. The predicted octanol–water partition coefficient (Wildman–Crippen LogP) is 0.998. The van der Waals surface area contributed by atoms with Gasteiger partial charge in [0.15, 0.2) is 0 Å². The van der Waals surface area contributed by atoms with Gasteiger partial charge in [-0.15, -0.1) is 0 Å². The van der Waals surface area contributed by atoms with Crippen molar-refractivity contribution in [3.05, 3.63) is 29.3 Å². The van der Waals surface area contributed by atoms with E-state index in [1.54, 1.807) is 0 Å². The lowest BCUT2D eigenvalue weighted by Crippen LogP contribution is -2.59. The van der Waals surface area contributed by atoms with Crippen molar-refractivity contribution in [3.8, 4) is 5.75 Å². The lowest BCUT2D eigenvalue weighted by atomic mass is 9.82. The average Bonchev–Trinajstić information content (AvgIpc) is 3.12. The fraction of sp³-hybridized carbons (Fsp3) is 0.579. The summed E-state index contributed by atoms with van der Waals surface area (Å²) >= 11 is 0. The summed E-state index contributed by atoms with van der Waals surface area (Å²) in [5.41, 5.74) is 1.70. The standard InChI is InChI=1S/C19H25N3O3/c23-16-5-4-15(17(22-16)12-6-9-20-10-7-12)21-19(24)14-3-1-2-13-8-11-25-18(13)14/h1-3,12,15,17,20H,4-11H2,(H,21,24)(H,22,23)/t15-,17+/m1/s1. The minimum atomic E-state index is -0.0983. The van der Waals surface area contributed by atoms with E-state index >= 15 is 0 Å². The van der Waals surface area contributed by atoms with Crippen LogP contribution in [0.5, 0.6) is 5.75 Å². The van der Waals surface area contributed by atoms with Gasteiger partial charge in [0.05, 0.1) is 24.3 Å². The number of carbonyl (C=O) groups is 2. The second-order valence-electron chi connectivity index (χ2n) is 7.19. The van der Waals surface area contributed by atoms with Crippen LogP contribution in [0, 0.1) is 5.92 Å². The second kappa shape index (κ2) is 7.04. The summed E-state index contributed by atoms with van der Waals surface area (Å²) in [4.78, 5) is 24.8. The van der Waals surface area contributed by atoms with Crippen LogP contribution in [0.1, 0.15) is 41.6 Å². The van der Waals surface area contributed by atoms with Gasteiger partial charge in [0.1, 0.15) is 5.75 Å². The number of carbonyl (C=O) groups excluding carboxylic acids is 2. The Morgan fingerprint density at radius 2 is 2.00 bits per heavy atom. The van der Waals surface area contributed by atoms with E-state index in [0.717, 1.165) is 43.7 Å². The van der Waals surface area contributed by atoms with Gasteiger partial charge in [-0.3, -0.25) is 9.59 Å². The van der Waals surface area contributed by atoms with Crippen molar-refractivity contribution in [1.29, 1.82) is 0 Å². The molecule has 25 heavy (non-hydrogen) atoms. The summed E-state index contributed by atoms with van der Waals surface area (Å²) in [5, 5.41) is 9.67. The van der Waals surface area contributed by atoms with E-state index in [1.165, 1.54) is 0 Å². The molecule has 3 heterocycles. The Kier molecular flexibility index (Phi) is 4.61. The number of hydrogen-bond donors (Lipinski definition) is 3. The van der Waals surface area contributed by atoms with Crippen molar-refractivity contribution < 1.29 is 14.3 Å². The largest absolute Gasteiger partial charge is 0.492 e. The van der Waals surface area contributed by atoms with Gasteiger partial charge in [-0.1, -0.05) is 12.1 Å². The first kappa shape index (κ1) is 16.4. The third kappa shape index (κ3) is 3.35. The van der Waals surface area contributed by atoms with Gasteiger partial charge in [0.2, 0.25) is 5.91 Å². The summed E-state index contributed by atoms with van der Waals surface area (Å²) in [6.07, 6.45) is 4.08. The molecule has 0 aromatic heterocycles. The molecule has 2 saturated heterocycles. The van der Waals surface area contributed by atoms with Crippen molar-refractivity contribution in [2.24, 2.45) is 5.92 Å². The van der Waals surface area contributed by atoms with Crippen molar-refractivity contribution in [2.75, 3.05) is 19.7 Å². The Hall–Kier alpha value is -2.08. The molecule has 4 rings (SSSR count). The van der Waals surface area contributed by atoms with Crippen LogP contribution in [0.2, 0.25) is 0 Å². The molecule has 2 atom stereocenters. The van der Waals surface area contributed by atoms with Crippen LogP contribution < -0.4 is 20.7 Å². The molecule has 2 amide bonds. The molecule has 0 saturated carbocycles. The van der Waals surface area contributed by atoms with Crippen LogP contribution in [-0.2, 0) is 11.2 Å². The van der Waals surface area contributed by atoms with Crippen molar-refractivity contribution in [1.82, 2.24) is 16.0 Å². The zero-order chi connectivity index (χ0) is 17.2. The van der Waals surface area contributed by atoms with Crippen LogP contribution in [0.15, 0.2) is 18.2 Å². The summed E-state index contributed by atoms with van der Waals surface area (Å²) < 4.78 is 5.66. The van der Waals surface area contributed by atoms with Gasteiger partial charge >= 0.3 is 0 Å². The zero-order valence-electron chi connectivity index (χ0n) is 14.3. The summed E-state index contributed by atoms with van der Waals surface area (Å²) in [6, 6.07) is 5.74. The first-order valence-electron chi connectivity index (χ1n) is 9.28. The third-order valence-electron chi connectivity index (χ3n) is 5.61. The fourth-order valence-corrected chi connectivity index (χ4v) is 4.28. The normalized spacial score (nSPS) is 26.5. The Balaban J connectivity index is 1.50. The highest BCUT2D eigenvalue weighted by atomic mass is 16.5. The van der Waals surface area contributed by atoms with Gasteiger partial charge in [0.25, 0.3) is 5.91 Å². The molecule has 3 N–H and O–H groups in total. The summed E-state index contributed by atoms with van der Waals surface area (Å²) in [5.74, 6) is 1.13. The molecule has 0 bridgehead atoms. The quantitative estimate of drug-likeness (QED) is 0.765. The van der Waals surface area contributed by atoms with E-state index in [1.807, 2.05) is 18.2 Å². The lowest BCUT2D eigenvalue weighted by Gasteiger charge is -2.39. The zero-order valence-corrected chi connectivity index (χ0v) is 14.3. The molecular formula is C19H25N3O3. The number of para-hydroxylation sites is 1. The van der Waals surface area contributed by atoms with E-state index < -0.39 is 0 Å². The van der Waals surface area contributed by atoms with Crippen molar-refractivity contribution in [3.63, 3.8) is 0 Å². The molecule has 0 aliphatic carbocycles. The summed E-state index contributed by atoms with van der Waals surface area (Å²) in [7, 11) is 0. The maximum atomic E-state index is 12.9. The number of nitrogens with one attached hydrogen (secondary N) is 3. The second-order valence-corrected chi connectivity index (χ2v) is 7.19. The van der Waals surface area contributed by atoms with Crippen molar-refractivity contribution >= 4 is 11.8 Å². The number of fused-ring (bicyclic) bond motifs is 1. The predicted molar refractivity (Wildman–Crippen MR) is 93.7 cm³/mol. The number of piperidine rings is 2. The Bertz CT molecular complexity index is 670. The van der Waals surface area contributed by atoms with Crippen molar-refractivity contribution in [2.45, 2.75) is 44.2 Å². The maximum absolute atomic E-state index is 12.9. The molecule has 6 nitrogen and oxygen atoms in total. The SMILES string of the molecule is O=C1CC[C@@H](NC(=O)c2cccc3c2OCC3)[C@H](C2CCNCC2)N1. The van der Waals surface area contributed by atoms with E-state index in [9.17, 15) is 9.59 Å². The molecule has 0 unspecified atom stereocenters. The fourth-order valence-electron chi connectivity index (χ4n) is 4.28. The highest BCUT2D eigenvalue weighted by Crippen LogP contribution is 2.30. The van der Waals surface area contributed by atoms with E-state index in [-0.39, 0.29) is 23.9 Å². The van der Waals surface area contributed by atoms with E-state index in [4.69, 9.17) is 4.74 Å². The van der Waals surface area contributed by atoms with Crippen LogP contribution in [-0.4, -0.2) is 43.6 Å². The minimum absolute atomic E-state index is 0.0185. The number of hydrogen-bond acceptors (Lipinski definition) is 4. The topological polar surface area (TPSA) is 79.5 Å². The Labute approximate surface area is 147 Å². The number of ether oxygens (including phenoxy) is 1. The average molecular weight is 343 g/mol. The highest BCUT2D eigenvalue weighted by molar-refractivity contribution is 5.98. The first-order chi connectivity index (χ1) is 12.2. The molecule has 0 radical (unpaired) electrons. The molecule has 3 aliphatic heterocycles. The molecule has 2 fully saturated rings. The Morgan fingerprint density at radius 1 is 1.16 bits per heavy atom. The van der Waals surface area contributed by atoms with Gasteiger partial charge in [0, 0.05) is 12.8 Å². The first-order valence-corrected chi connectivity index (χ1v) is 9.28. The minimum Gasteiger partial charge on any atom is -0.492 e. The number of benzene rings is 1. The van der Waals surface area contributed by atoms with Gasteiger partial charge in [-0.05, 0) is 49.9 Å². The summed E-state index contributed by atoms with van der Waals surface area (Å²) in [6.45, 7) is 2.58. The molecule has 134 valence electrons. The molecule has 6 heteroatoms. The highest BCUT2D eigenvalue weighted by Gasteiger charge is 2.36. The lowest BCUT2D eigenvalue weighted by molar-refractivity contribution is -0.124. The number of rotatable bonds is 3. The third-order valence-corrected chi connectivity index (χ3v) is 5.61. The van der Waals surface area contributed by atoms with Crippen LogP contribution in [0.4, 0.5) is 0 Å². The van der Waals surface area contributed by atoms with Gasteiger partial charge in [-0.25, -0.2) is 0 Å².